The first-order valence-electron chi connectivity index (χ1n) is 6.48. The number of rotatable bonds is 5. The van der Waals surface area contributed by atoms with E-state index in [0.717, 1.165) is 15.6 Å². The van der Waals surface area contributed by atoms with E-state index in [0.29, 0.717) is 17.4 Å². The fraction of sp³-hybridized carbons (Fsp3) is 0.125. The lowest BCUT2D eigenvalue weighted by atomic mass is 10.2. The van der Waals surface area contributed by atoms with Gasteiger partial charge in [0.05, 0.1) is 7.11 Å². The number of ether oxygens (including phenoxy) is 1. The zero-order chi connectivity index (χ0) is 15.9. The van der Waals surface area contributed by atoms with Gasteiger partial charge in [0.15, 0.2) is 0 Å². The highest BCUT2D eigenvalue weighted by atomic mass is 79.9. The summed E-state index contributed by atoms with van der Waals surface area (Å²) in [5.41, 5.74) is 1.70. The van der Waals surface area contributed by atoms with Gasteiger partial charge in [0, 0.05) is 28.9 Å². The van der Waals surface area contributed by atoms with Gasteiger partial charge in [-0.25, -0.2) is 4.98 Å². The lowest BCUT2D eigenvalue weighted by molar-refractivity contribution is -0.116. The molecule has 0 aliphatic rings. The average molecular weight is 382 g/mol. The minimum Gasteiger partial charge on any atom is -0.496 e. The number of hydrogen-bond donors (Lipinski definition) is 1. The van der Waals surface area contributed by atoms with Gasteiger partial charge in [-0.15, -0.1) is 0 Å². The zero-order valence-electron chi connectivity index (χ0n) is 11.8. The van der Waals surface area contributed by atoms with E-state index in [1.807, 2.05) is 24.3 Å². The van der Waals surface area contributed by atoms with Crippen LogP contribution in [0, 0.1) is 0 Å². The third-order valence-corrected chi connectivity index (χ3v) is 3.58. The van der Waals surface area contributed by atoms with E-state index in [2.05, 4.69) is 26.2 Å². The summed E-state index contributed by atoms with van der Waals surface area (Å²) < 4.78 is 6.17. The van der Waals surface area contributed by atoms with E-state index in [1.165, 1.54) is 6.08 Å². The molecular weight excluding hydrogens is 368 g/mol. The lowest BCUT2D eigenvalue weighted by Gasteiger charge is -2.05. The molecule has 0 atom stereocenters. The summed E-state index contributed by atoms with van der Waals surface area (Å²) in [5, 5.41) is 3.21. The molecule has 0 saturated carbocycles. The fourth-order valence-corrected chi connectivity index (χ4v) is 2.25. The molecule has 0 saturated heterocycles. The maximum atomic E-state index is 11.8. The van der Waals surface area contributed by atoms with Gasteiger partial charge in [-0.05, 0) is 35.9 Å². The normalized spacial score (nSPS) is 10.7. The van der Waals surface area contributed by atoms with E-state index in [1.54, 1.807) is 25.4 Å². The Hall–Kier alpha value is -1.85. The highest BCUT2D eigenvalue weighted by molar-refractivity contribution is 9.10. The molecule has 22 heavy (non-hydrogen) atoms. The van der Waals surface area contributed by atoms with Gasteiger partial charge < -0.3 is 10.1 Å². The minimum atomic E-state index is -0.197. The van der Waals surface area contributed by atoms with Crippen LogP contribution in [0.15, 0.2) is 47.1 Å². The molecular formula is C16H14BrClN2O2. The summed E-state index contributed by atoms with van der Waals surface area (Å²) >= 11 is 9.10. The Bertz CT molecular complexity index is 687. The maximum absolute atomic E-state index is 11.8. The number of halogens is 2. The molecule has 1 N–H and O–H groups in total. The maximum Gasteiger partial charge on any atom is 0.244 e. The van der Waals surface area contributed by atoms with Crippen LogP contribution in [-0.2, 0) is 11.3 Å². The second kappa shape index (κ2) is 7.96. The molecule has 0 aliphatic heterocycles. The molecule has 2 rings (SSSR count). The number of carbonyl (C=O) groups excluding carboxylic acids is 1. The average Bonchev–Trinajstić information content (AvgIpc) is 2.52. The summed E-state index contributed by atoms with van der Waals surface area (Å²) in [7, 11) is 1.59. The number of methoxy groups -OCH3 is 1. The van der Waals surface area contributed by atoms with E-state index in [9.17, 15) is 4.79 Å². The van der Waals surface area contributed by atoms with Gasteiger partial charge in [-0.2, -0.15) is 0 Å². The number of pyridine rings is 1. The van der Waals surface area contributed by atoms with Crippen LogP contribution in [0.3, 0.4) is 0 Å². The standard InChI is InChI=1S/C16H14BrClN2O2/c1-22-14-5-4-13(17)8-12(14)3-7-16(21)20-10-11-2-6-15(18)19-9-11/h2-9H,10H2,1H3,(H,20,21)/b7-3+. The van der Waals surface area contributed by atoms with Gasteiger partial charge in [0.25, 0.3) is 0 Å². The Kier molecular flexibility index (Phi) is 5.98. The zero-order valence-corrected chi connectivity index (χ0v) is 14.2. The number of benzene rings is 1. The predicted molar refractivity (Wildman–Crippen MR) is 90.8 cm³/mol. The predicted octanol–water partition coefficient (Wildman–Crippen LogP) is 3.84. The van der Waals surface area contributed by atoms with Crippen LogP contribution in [0.25, 0.3) is 6.08 Å². The Morgan fingerprint density at radius 2 is 2.23 bits per heavy atom. The number of nitrogens with one attached hydrogen (secondary N) is 1. The Balaban J connectivity index is 1.96. The molecule has 2 aromatic rings. The molecule has 1 aromatic carbocycles. The molecule has 1 heterocycles. The van der Waals surface area contributed by atoms with Crippen LogP contribution in [0.2, 0.25) is 5.15 Å². The smallest absolute Gasteiger partial charge is 0.244 e. The highest BCUT2D eigenvalue weighted by Crippen LogP contribution is 2.24. The van der Waals surface area contributed by atoms with Crippen LogP contribution < -0.4 is 10.1 Å². The van der Waals surface area contributed by atoms with Crippen molar-refractivity contribution in [3.63, 3.8) is 0 Å². The highest BCUT2D eigenvalue weighted by Gasteiger charge is 2.02. The molecule has 6 heteroatoms. The van der Waals surface area contributed by atoms with Crippen molar-refractivity contribution in [3.8, 4) is 5.75 Å². The lowest BCUT2D eigenvalue weighted by Crippen LogP contribution is -2.20. The first kappa shape index (κ1) is 16.5. The Morgan fingerprint density at radius 3 is 2.91 bits per heavy atom. The molecule has 0 spiro atoms. The summed E-state index contributed by atoms with van der Waals surface area (Å²) in [5.74, 6) is 0.506. The molecule has 1 aromatic heterocycles. The monoisotopic (exact) mass is 380 g/mol. The molecule has 0 bridgehead atoms. The van der Waals surface area contributed by atoms with Gasteiger partial charge >= 0.3 is 0 Å². The second-order valence-electron chi connectivity index (χ2n) is 4.43. The van der Waals surface area contributed by atoms with E-state index in [-0.39, 0.29) is 5.91 Å². The van der Waals surface area contributed by atoms with Gasteiger partial charge in [-0.1, -0.05) is 33.6 Å². The molecule has 1 amide bonds. The third-order valence-electron chi connectivity index (χ3n) is 2.86. The quantitative estimate of drug-likeness (QED) is 0.632. The first-order valence-corrected chi connectivity index (χ1v) is 7.65. The number of carbonyl (C=O) groups is 1. The van der Waals surface area contributed by atoms with Crippen molar-refractivity contribution < 1.29 is 9.53 Å². The second-order valence-corrected chi connectivity index (χ2v) is 5.73. The van der Waals surface area contributed by atoms with Crippen molar-refractivity contribution in [2.24, 2.45) is 0 Å². The van der Waals surface area contributed by atoms with Gasteiger partial charge in [0.1, 0.15) is 10.9 Å². The van der Waals surface area contributed by atoms with Crippen molar-refractivity contribution in [2.75, 3.05) is 7.11 Å². The van der Waals surface area contributed by atoms with Crippen LogP contribution in [-0.4, -0.2) is 18.0 Å². The van der Waals surface area contributed by atoms with E-state index < -0.39 is 0 Å². The largest absolute Gasteiger partial charge is 0.496 e. The molecule has 114 valence electrons. The van der Waals surface area contributed by atoms with Crippen molar-refractivity contribution >= 4 is 39.5 Å². The third kappa shape index (κ3) is 4.86. The number of nitrogens with zero attached hydrogens (tertiary/aromatic N) is 1. The van der Waals surface area contributed by atoms with Gasteiger partial charge in [0.2, 0.25) is 5.91 Å². The number of amides is 1. The van der Waals surface area contributed by atoms with Crippen LogP contribution in [0.5, 0.6) is 5.75 Å². The topological polar surface area (TPSA) is 51.2 Å². The van der Waals surface area contributed by atoms with Gasteiger partial charge in [-0.3, -0.25) is 4.79 Å². The molecule has 0 unspecified atom stereocenters. The summed E-state index contributed by atoms with van der Waals surface area (Å²) in [6.07, 6.45) is 4.80. The van der Waals surface area contributed by atoms with Crippen molar-refractivity contribution in [2.45, 2.75) is 6.54 Å². The fourth-order valence-electron chi connectivity index (χ4n) is 1.76. The SMILES string of the molecule is COc1ccc(Br)cc1/C=C/C(=O)NCc1ccc(Cl)nc1. The van der Waals surface area contributed by atoms with Crippen molar-refractivity contribution in [3.05, 3.63) is 63.4 Å². The number of hydrogen-bond acceptors (Lipinski definition) is 3. The van der Waals surface area contributed by atoms with E-state index >= 15 is 0 Å². The Morgan fingerprint density at radius 1 is 1.41 bits per heavy atom. The number of aromatic nitrogens is 1. The minimum absolute atomic E-state index is 0.197. The van der Waals surface area contributed by atoms with Crippen LogP contribution >= 0.6 is 27.5 Å². The molecule has 4 nitrogen and oxygen atoms in total. The summed E-state index contributed by atoms with van der Waals surface area (Å²) in [6, 6.07) is 9.10. The van der Waals surface area contributed by atoms with Crippen molar-refractivity contribution in [1.29, 1.82) is 0 Å². The summed E-state index contributed by atoms with van der Waals surface area (Å²) in [4.78, 5) is 15.8. The van der Waals surface area contributed by atoms with Crippen molar-refractivity contribution in [1.82, 2.24) is 10.3 Å². The van der Waals surface area contributed by atoms with Crippen LogP contribution in [0.4, 0.5) is 0 Å². The molecule has 0 fully saturated rings. The first-order chi connectivity index (χ1) is 10.6. The molecule has 0 aliphatic carbocycles. The Labute approximate surface area is 142 Å². The van der Waals surface area contributed by atoms with E-state index in [4.69, 9.17) is 16.3 Å². The molecule has 0 radical (unpaired) electrons. The van der Waals surface area contributed by atoms with Crippen LogP contribution in [0.1, 0.15) is 11.1 Å². The summed E-state index contributed by atoms with van der Waals surface area (Å²) in [6.45, 7) is 0.392.